The minimum Gasteiger partial charge on any atom is -0.496 e. The molecule has 1 saturated heterocycles. The Morgan fingerprint density at radius 2 is 2.07 bits per heavy atom. The largest absolute Gasteiger partial charge is 0.496 e. The Morgan fingerprint density at radius 1 is 1.27 bits per heavy atom. The van der Waals surface area contributed by atoms with Gasteiger partial charge in [-0.05, 0) is 45.6 Å². The van der Waals surface area contributed by atoms with E-state index in [0.29, 0.717) is 18.7 Å². The number of aromatic nitrogens is 3. The second kappa shape index (κ2) is 10.2. The van der Waals surface area contributed by atoms with Crippen molar-refractivity contribution in [1.82, 2.24) is 25.2 Å². The van der Waals surface area contributed by atoms with Gasteiger partial charge in [0.1, 0.15) is 5.75 Å². The normalized spacial score (nSPS) is 16.5. The van der Waals surface area contributed by atoms with Crippen molar-refractivity contribution < 1.29 is 14.3 Å². The SMILES string of the molecule is COc1ccccc1CC(=O)N1CCCCC1CCn1cc(C(=O)NC(C)C)nn1. The van der Waals surface area contributed by atoms with Gasteiger partial charge in [-0.1, -0.05) is 23.4 Å². The molecule has 2 aromatic rings. The van der Waals surface area contributed by atoms with E-state index in [4.69, 9.17) is 4.74 Å². The van der Waals surface area contributed by atoms with Crippen LogP contribution in [-0.2, 0) is 17.8 Å². The summed E-state index contributed by atoms with van der Waals surface area (Å²) in [7, 11) is 1.63. The van der Waals surface area contributed by atoms with E-state index in [2.05, 4.69) is 15.6 Å². The van der Waals surface area contributed by atoms with Gasteiger partial charge in [0.15, 0.2) is 5.69 Å². The van der Waals surface area contributed by atoms with Crippen LogP contribution in [-0.4, -0.2) is 57.4 Å². The van der Waals surface area contributed by atoms with Crippen LogP contribution in [0.15, 0.2) is 30.5 Å². The van der Waals surface area contributed by atoms with Crippen LogP contribution < -0.4 is 10.1 Å². The number of methoxy groups -OCH3 is 1. The molecule has 0 aliphatic carbocycles. The Kier molecular flexibility index (Phi) is 7.43. The summed E-state index contributed by atoms with van der Waals surface area (Å²) >= 11 is 0. The fourth-order valence-electron chi connectivity index (χ4n) is 3.87. The first kappa shape index (κ1) is 21.8. The quantitative estimate of drug-likeness (QED) is 0.718. The molecular weight excluding hydrogens is 382 g/mol. The van der Waals surface area contributed by atoms with Gasteiger partial charge in [-0.25, -0.2) is 0 Å². The van der Waals surface area contributed by atoms with E-state index in [9.17, 15) is 9.59 Å². The van der Waals surface area contributed by atoms with Crippen molar-refractivity contribution in [3.8, 4) is 5.75 Å². The number of carbonyl (C=O) groups excluding carboxylic acids is 2. The number of rotatable bonds is 8. The second-order valence-corrected chi connectivity index (χ2v) is 8.01. The molecule has 0 saturated carbocycles. The molecule has 8 nitrogen and oxygen atoms in total. The van der Waals surface area contributed by atoms with Crippen molar-refractivity contribution >= 4 is 11.8 Å². The molecule has 1 aliphatic rings. The summed E-state index contributed by atoms with van der Waals surface area (Å²) in [6.07, 6.45) is 5.91. The molecule has 0 spiro atoms. The minimum absolute atomic E-state index is 0.0488. The van der Waals surface area contributed by atoms with Gasteiger partial charge in [0.25, 0.3) is 5.91 Å². The van der Waals surface area contributed by atoms with Crippen molar-refractivity contribution in [2.75, 3.05) is 13.7 Å². The molecule has 1 aliphatic heterocycles. The fourth-order valence-corrected chi connectivity index (χ4v) is 3.87. The third kappa shape index (κ3) is 5.58. The maximum atomic E-state index is 13.0. The predicted octanol–water partition coefficient (Wildman–Crippen LogP) is 2.44. The first-order valence-corrected chi connectivity index (χ1v) is 10.6. The van der Waals surface area contributed by atoms with Crippen LogP contribution in [0.3, 0.4) is 0 Å². The third-order valence-corrected chi connectivity index (χ3v) is 5.36. The summed E-state index contributed by atoms with van der Waals surface area (Å²) < 4.78 is 7.08. The highest BCUT2D eigenvalue weighted by molar-refractivity contribution is 5.91. The Hall–Kier alpha value is -2.90. The van der Waals surface area contributed by atoms with E-state index in [-0.39, 0.29) is 23.9 Å². The molecule has 30 heavy (non-hydrogen) atoms. The van der Waals surface area contributed by atoms with Crippen LogP contribution in [0.25, 0.3) is 0 Å². The molecule has 0 bridgehead atoms. The molecule has 8 heteroatoms. The van der Waals surface area contributed by atoms with E-state index in [1.165, 1.54) is 0 Å². The zero-order valence-corrected chi connectivity index (χ0v) is 18.0. The fraction of sp³-hybridized carbons (Fsp3) is 0.545. The standard InChI is InChI=1S/C22H31N5O3/c1-16(2)23-22(29)19-15-26(25-24-19)13-11-18-9-6-7-12-27(18)21(28)14-17-8-4-5-10-20(17)30-3/h4-5,8,10,15-16,18H,6-7,9,11-14H2,1-3H3,(H,23,29). The van der Waals surface area contributed by atoms with Gasteiger partial charge in [0.2, 0.25) is 5.91 Å². The second-order valence-electron chi connectivity index (χ2n) is 8.01. The molecule has 162 valence electrons. The summed E-state index contributed by atoms with van der Waals surface area (Å²) in [5.74, 6) is 0.650. The van der Waals surface area contributed by atoms with Crippen LogP contribution in [0.1, 0.15) is 55.6 Å². The third-order valence-electron chi connectivity index (χ3n) is 5.36. The Bertz CT molecular complexity index is 864. The van der Waals surface area contributed by atoms with Crippen LogP contribution in [0.4, 0.5) is 0 Å². The van der Waals surface area contributed by atoms with Gasteiger partial charge < -0.3 is 15.0 Å². The van der Waals surface area contributed by atoms with Crippen LogP contribution in [0.2, 0.25) is 0 Å². The van der Waals surface area contributed by atoms with E-state index in [1.54, 1.807) is 18.0 Å². The molecule has 1 N–H and O–H groups in total. The summed E-state index contributed by atoms with van der Waals surface area (Å²) in [4.78, 5) is 27.1. The van der Waals surface area contributed by atoms with Crippen LogP contribution in [0, 0.1) is 0 Å². The molecule has 1 unspecified atom stereocenters. The number of amides is 2. The molecule has 1 aromatic carbocycles. The van der Waals surface area contributed by atoms with Crippen molar-refractivity contribution in [3.05, 3.63) is 41.7 Å². The molecule has 1 aromatic heterocycles. The Morgan fingerprint density at radius 3 is 2.83 bits per heavy atom. The lowest BCUT2D eigenvalue weighted by Crippen LogP contribution is -2.45. The Balaban J connectivity index is 1.60. The average molecular weight is 414 g/mol. The summed E-state index contributed by atoms with van der Waals surface area (Å²) in [5.41, 5.74) is 1.22. The first-order chi connectivity index (χ1) is 14.5. The summed E-state index contributed by atoms with van der Waals surface area (Å²) in [6, 6.07) is 7.87. The highest BCUT2D eigenvalue weighted by atomic mass is 16.5. The maximum absolute atomic E-state index is 13.0. The summed E-state index contributed by atoms with van der Waals surface area (Å²) in [5, 5.41) is 10.9. The monoisotopic (exact) mass is 413 g/mol. The number of hydrogen-bond acceptors (Lipinski definition) is 5. The van der Waals surface area contributed by atoms with Crippen molar-refractivity contribution in [2.24, 2.45) is 0 Å². The van der Waals surface area contributed by atoms with Crippen LogP contribution in [0.5, 0.6) is 5.75 Å². The topological polar surface area (TPSA) is 89.4 Å². The molecule has 3 rings (SSSR count). The van der Waals surface area contributed by atoms with Gasteiger partial charge in [-0.15, -0.1) is 5.10 Å². The molecule has 0 radical (unpaired) electrons. The lowest BCUT2D eigenvalue weighted by Gasteiger charge is -2.36. The smallest absolute Gasteiger partial charge is 0.273 e. The molecular formula is C22H31N5O3. The number of piperidine rings is 1. The molecule has 1 fully saturated rings. The number of hydrogen-bond donors (Lipinski definition) is 1. The summed E-state index contributed by atoms with van der Waals surface area (Å²) in [6.45, 7) is 5.20. The predicted molar refractivity (Wildman–Crippen MR) is 113 cm³/mol. The Labute approximate surface area is 177 Å². The first-order valence-electron chi connectivity index (χ1n) is 10.6. The number of benzene rings is 1. The molecule has 2 amide bonds. The van der Waals surface area contributed by atoms with Gasteiger partial charge in [-0.2, -0.15) is 0 Å². The van der Waals surface area contributed by atoms with Crippen molar-refractivity contribution in [2.45, 2.75) is 64.6 Å². The number of carbonyl (C=O) groups is 2. The van der Waals surface area contributed by atoms with Crippen LogP contribution >= 0.6 is 0 Å². The zero-order valence-electron chi connectivity index (χ0n) is 18.0. The number of para-hydroxylation sites is 1. The average Bonchev–Trinajstić information content (AvgIpc) is 3.21. The zero-order chi connectivity index (χ0) is 21.5. The van der Waals surface area contributed by atoms with Crippen molar-refractivity contribution in [3.63, 3.8) is 0 Å². The number of nitrogens with zero attached hydrogens (tertiary/aromatic N) is 4. The molecule has 1 atom stereocenters. The van der Waals surface area contributed by atoms with E-state index in [1.807, 2.05) is 43.0 Å². The maximum Gasteiger partial charge on any atom is 0.273 e. The minimum atomic E-state index is -0.220. The van der Waals surface area contributed by atoms with E-state index in [0.717, 1.165) is 43.5 Å². The lowest BCUT2D eigenvalue weighted by atomic mass is 9.98. The van der Waals surface area contributed by atoms with Crippen molar-refractivity contribution in [1.29, 1.82) is 0 Å². The number of likely N-dealkylation sites (tertiary alicyclic amines) is 1. The lowest BCUT2D eigenvalue weighted by molar-refractivity contribution is -0.134. The number of aryl methyl sites for hydroxylation is 1. The van der Waals surface area contributed by atoms with E-state index >= 15 is 0 Å². The van der Waals surface area contributed by atoms with Gasteiger partial charge >= 0.3 is 0 Å². The number of nitrogens with one attached hydrogen (secondary N) is 1. The van der Waals surface area contributed by atoms with E-state index < -0.39 is 0 Å². The molecule has 2 heterocycles. The van der Waals surface area contributed by atoms with Gasteiger partial charge in [0, 0.05) is 30.7 Å². The van der Waals surface area contributed by atoms with Gasteiger partial charge in [0.05, 0.1) is 19.7 Å². The number of ether oxygens (including phenoxy) is 1. The highest BCUT2D eigenvalue weighted by Crippen LogP contribution is 2.24. The highest BCUT2D eigenvalue weighted by Gasteiger charge is 2.27. The van der Waals surface area contributed by atoms with Gasteiger partial charge in [-0.3, -0.25) is 14.3 Å².